The van der Waals surface area contributed by atoms with Crippen molar-refractivity contribution in [2.75, 3.05) is 18.6 Å². The Morgan fingerprint density at radius 1 is 0.960 bits per heavy atom. The standard InChI is InChI=1S/C19H19NO4S/c1-20(15-11-12-25(23,24)13-15)19(22)17-10-6-5-9-16(17)18(21)14-7-3-2-4-8-14/h2-10,15H,11-13H2,1H3/t15-/m0/s1. The highest BCUT2D eigenvalue weighted by Gasteiger charge is 2.34. The Morgan fingerprint density at radius 3 is 2.16 bits per heavy atom. The van der Waals surface area contributed by atoms with Gasteiger partial charge in [0.1, 0.15) is 0 Å². The molecule has 0 bridgehead atoms. The van der Waals surface area contributed by atoms with Crippen molar-refractivity contribution in [3.63, 3.8) is 0 Å². The number of ketones is 1. The molecule has 1 atom stereocenters. The summed E-state index contributed by atoms with van der Waals surface area (Å²) < 4.78 is 23.3. The molecule has 1 amide bonds. The predicted octanol–water partition coefficient (Wildman–Crippen LogP) is 2.18. The molecule has 0 unspecified atom stereocenters. The molecule has 25 heavy (non-hydrogen) atoms. The zero-order chi connectivity index (χ0) is 18.0. The summed E-state index contributed by atoms with van der Waals surface area (Å²) in [5.74, 6) is -0.483. The lowest BCUT2D eigenvalue weighted by Crippen LogP contribution is -2.38. The van der Waals surface area contributed by atoms with Crippen LogP contribution in [0.3, 0.4) is 0 Å². The van der Waals surface area contributed by atoms with E-state index in [1.165, 1.54) is 4.90 Å². The van der Waals surface area contributed by atoms with Crippen LogP contribution in [0, 0.1) is 0 Å². The largest absolute Gasteiger partial charge is 0.338 e. The first kappa shape index (κ1) is 17.4. The Labute approximate surface area is 147 Å². The Balaban J connectivity index is 1.90. The van der Waals surface area contributed by atoms with Gasteiger partial charge in [-0.25, -0.2) is 8.42 Å². The third-order valence-electron chi connectivity index (χ3n) is 4.51. The highest BCUT2D eigenvalue weighted by Crippen LogP contribution is 2.21. The van der Waals surface area contributed by atoms with E-state index in [1.807, 2.05) is 6.07 Å². The van der Waals surface area contributed by atoms with Gasteiger partial charge in [0.05, 0.1) is 17.1 Å². The quantitative estimate of drug-likeness (QED) is 0.786. The van der Waals surface area contributed by atoms with Crippen molar-refractivity contribution in [2.45, 2.75) is 12.5 Å². The Bertz CT molecular complexity index is 906. The number of carbonyl (C=O) groups excluding carboxylic acids is 2. The van der Waals surface area contributed by atoms with Crippen LogP contribution >= 0.6 is 0 Å². The summed E-state index contributed by atoms with van der Waals surface area (Å²) in [6.45, 7) is 0. The van der Waals surface area contributed by atoms with Crippen LogP contribution in [0.25, 0.3) is 0 Å². The Morgan fingerprint density at radius 2 is 1.56 bits per heavy atom. The predicted molar refractivity (Wildman–Crippen MR) is 95.5 cm³/mol. The average molecular weight is 357 g/mol. The number of sulfone groups is 1. The van der Waals surface area contributed by atoms with Gasteiger partial charge in [-0.2, -0.15) is 0 Å². The minimum Gasteiger partial charge on any atom is -0.338 e. The van der Waals surface area contributed by atoms with Crippen LogP contribution in [0.1, 0.15) is 32.7 Å². The fraction of sp³-hybridized carbons (Fsp3) is 0.263. The number of hydrogen-bond acceptors (Lipinski definition) is 4. The maximum atomic E-state index is 12.9. The molecule has 1 fully saturated rings. The molecule has 1 saturated heterocycles. The van der Waals surface area contributed by atoms with Gasteiger partial charge in [0, 0.05) is 24.2 Å². The number of nitrogens with zero attached hydrogens (tertiary/aromatic N) is 1. The lowest BCUT2D eigenvalue weighted by Gasteiger charge is -2.24. The first-order valence-corrected chi connectivity index (χ1v) is 9.87. The van der Waals surface area contributed by atoms with E-state index < -0.39 is 9.84 Å². The maximum absolute atomic E-state index is 12.9. The van der Waals surface area contributed by atoms with Gasteiger partial charge in [0.25, 0.3) is 5.91 Å². The summed E-state index contributed by atoms with van der Waals surface area (Å²) in [4.78, 5) is 27.1. The van der Waals surface area contributed by atoms with Crippen molar-refractivity contribution in [3.8, 4) is 0 Å². The van der Waals surface area contributed by atoms with Crippen molar-refractivity contribution >= 4 is 21.5 Å². The molecule has 2 aromatic carbocycles. The van der Waals surface area contributed by atoms with E-state index >= 15 is 0 Å². The molecular formula is C19H19NO4S. The molecule has 6 heteroatoms. The minimum absolute atomic E-state index is 0.0238. The monoisotopic (exact) mass is 357 g/mol. The van der Waals surface area contributed by atoms with E-state index in [2.05, 4.69) is 0 Å². The second-order valence-corrected chi connectivity index (χ2v) is 8.44. The normalized spacial score (nSPS) is 18.7. The first-order valence-electron chi connectivity index (χ1n) is 8.05. The fourth-order valence-electron chi connectivity index (χ4n) is 3.05. The summed E-state index contributed by atoms with van der Waals surface area (Å²) >= 11 is 0. The second kappa shape index (κ2) is 6.80. The molecule has 2 aromatic rings. The van der Waals surface area contributed by atoms with Crippen LogP contribution in [-0.4, -0.2) is 49.6 Å². The van der Waals surface area contributed by atoms with E-state index in [0.29, 0.717) is 23.1 Å². The van der Waals surface area contributed by atoms with Crippen molar-refractivity contribution in [2.24, 2.45) is 0 Å². The van der Waals surface area contributed by atoms with Crippen molar-refractivity contribution in [1.82, 2.24) is 4.90 Å². The second-order valence-electron chi connectivity index (χ2n) is 6.21. The lowest BCUT2D eigenvalue weighted by molar-refractivity contribution is 0.0743. The van der Waals surface area contributed by atoms with Crippen LogP contribution in [0.5, 0.6) is 0 Å². The van der Waals surface area contributed by atoms with Crippen LogP contribution in [0.2, 0.25) is 0 Å². The van der Waals surface area contributed by atoms with Gasteiger partial charge >= 0.3 is 0 Å². The van der Waals surface area contributed by atoms with Gasteiger partial charge in [0.15, 0.2) is 15.6 Å². The van der Waals surface area contributed by atoms with Crippen LogP contribution in [-0.2, 0) is 9.84 Å². The maximum Gasteiger partial charge on any atom is 0.254 e. The Hall–Kier alpha value is -2.47. The molecule has 130 valence electrons. The van der Waals surface area contributed by atoms with Crippen LogP contribution in [0.4, 0.5) is 0 Å². The van der Waals surface area contributed by atoms with Gasteiger partial charge in [-0.05, 0) is 12.5 Å². The first-order chi connectivity index (χ1) is 11.9. The van der Waals surface area contributed by atoms with E-state index in [-0.39, 0.29) is 29.2 Å². The zero-order valence-electron chi connectivity index (χ0n) is 13.9. The average Bonchev–Trinajstić information content (AvgIpc) is 3.00. The molecule has 1 heterocycles. The van der Waals surface area contributed by atoms with Crippen LogP contribution in [0.15, 0.2) is 54.6 Å². The third-order valence-corrected chi connectivity index (χ3v) is 6.26. The molecule has 0 spiro atoms. The summed E-state index contributed by atoms with van der Waals surface area (Å²) in [6.07, 6.45) is 0.430. The summed E-state index contributed by atoms with van der Waals surface area (Å²) in [5.41, 5.74) is 1.13. The minimum atomic E-state index is -3.09. The topological polar surface area (TPSA) is 71.5 Å². The number of rotatable bonds is 4. The highest BCUT2D eigenvalue weighted by molar-refractivity contribution is 7.91. The smallest absolute Gasteiger partial charge is 0.254 e. The molecule has 0 N–H and O–H groups in total. The van der Waals surface area contributed by atoms with Crippen molar-refractivity contribution in [1.29, 1.82) is 0 Å². The van der Waals surface area contributed by atoms with Gasteiger partial charge in [-0.1, -0.05) is 48.5 Å². The van der Waals surface area contributed by atoms with Crippen LogP contribution < -0.4 is 0 Å². The number of carbonyl (C=O) groups is 2. The molecular weight excluding hydrogens is 338 g/mol. The molecule has 0 aliphatic carbocycles. The van der Waals surface area contributed by atoms with Gasteiger partial charge in [0.2, 0.25) is 0 Å². The molecule has 0 saturated carbocycles. The van der Waals surface area contributed by atoms with E-state index in [9.17, 15) is 18.0 Å². The molecule has 5 nitrogen and oxygen atoms in total. The summed E-state index contributed by atoms with van der Waals surface area (Å²) in [7, 11) is -1.49. The summed E-state index contributed by atoms with van der Waals surface area (Å²) in [6, 6.07) is 15.1. The van der Waals surface area contributed by atoms with Gasteiger partial charge < -0.3 is 4.90 Å². The zero-order valence-corrected chi connectivity index (χ0v) is 14.7. The Kier molecular flexibility index (Phi) is 4.72. The van der Waals surface area contributed by atoms with E-state index in [4.69, 9.17) is 0 Å². The van der Waals surface area contributed by atoms with Gasteiger partial charge in [-0.15, -0.1) is 0 Å². The molecule has 0 radical (unpaired) electrons. The fourth-order valence-corrected chi connectivity index (χ4v) is 4.82. The number of hydrogen-bond donors (Lipinski definition) is 0. The highest BCUT2D eigenvalue weighted by atomic mass is 32.2. The van der Waals surface area contributed by atoms with Crippen molar-refractivity contribution < 1.29 is 18.0 Å². The van der Waals surface area contributed by atoms with Crippen molar-refractivity contribution in [3.05, 3.63) is 71.3 Å². The van der Waals surface area contributed by atoms with E-state index in [0.717, 1.165) is 0 Å². The SMILES string of the molecule is CN(C(=O)c1ccccc1C(=O)c1ccccc1)[C@H]1CCS(=O)(=O)C1. The number of amides is 1. The number of benzene rings is 2. The molecule has 3 rings (SSSR count). The molecule has 1 aliphatic heterocycles. The molecule has 1 aliphatic rings. The molecule has 0 aromatic heterocycles. The summed E-state index contributed by atoms with van der Waals surface area (Å²) in [5, 5.41) is 0. The lowest BCUT2D eigenvalue weighted by atomic mass is 9.97. The van der Waals surface area contributed by atoms with E-state index in [1.54, 1.807) is 55.6 Å². The third kappa shape index (κ3) is 3.64. The van der Waals surface area contributed by atoms with Gasteiger partial charge in [-0.3, -0.25) is 9.59 Å².